The Morgan fingerprint density at radius 3 is 2.48 bits per heavy atom. The van der Waals surface area contributed by atoms with Gasteiger partial charge < -0.3 is 19.5 Å². The van der Waals surface area contributed by atoms with Gasteiger partial charge in [-0.3, -0.25) is 4.79 Å². The van der Waals surface area contributed by atoms with E-state index in [1.807, 2.05) is 0 Å². The summed E-state index contributed by atoms with van der Waals surface area (Å²) in [5.74, 6) is -0.616. The van der Waals surface area contributed by atoms with Gasteiger partial charge in [-0.2, -0.15) is 0 Å². The smallest absolute Gasteiger partial charge is 0.342 e. The number of hydrogen-bond donors (Lipinski definition) is 1. The number of rotatable bonds is 8. The molecule has 7 heteroatoms. The molecule has 0 saturated heterocycles. The van der Waals surface area contributed by atoms with E-state index in [-0.39, 0.29) is 18.0 Å². The molecule has 0 aliphatic heterocycles. The molecule has 0 aliphatic carbocycles. The van der Waals surface area contributed by atoms with E-state index in [2.05, 4.69) is 5.32 Å². The second-order valence-electron chi connectivity index (χ2n) is 6.68. The van der Waals surface area contributed by atoms with Gasteiger partial charge in [0.05, 0.1) is 7.11 Å². The molecule has 1 atom stereocenters. The maximum atomic E-state index is 13.0. The Morgan fingerprint density at radius 2 is 1.74 bits per heavy atom. The highest BCUT2D eigenvalue weighted by atomic mass is 19.1. The van der Waals surface area contributed by atoms with Crippen molar-refractivity contribution in [3.05, 3.63) is 89.7 Å². The molecule has 3 aromatic carbocycles. The number of carbonyl (C=O) groups is 2. The lowest BCUT2D eigenvalue weighted by atomic mass is 10.2. The van der Waals surface area contributed by atoms with Crippen LogP contribution in [0.2, 0.25) is 0 Å². The molecule has 6 nitrogen and oxygen atoms in total. The van der Waals surface area contributed by atoms with Gasteiger partial charge in [0.15, 0.2) is 6.10 Å². The van der Waals surface area contributed by atoms with Gasteiger partial charge in [0.2, 0.25) is 0 Å². The number of para-hydroxylation sites is 1. The molecule has 0 aliphatic rings. The molecule has 1 amide bonds. The number of methoxy groups -OCH3 is 1. The number of amides is 1. The van der Waals surface area contributed by atoms with E-state index in [0.717, 1.165) is 5.56 Å². The van der Waals surface area contributed by atoms with Gasteiger partial charge in [0, 0.05) is 11.8 Å². The van der Waals surface area contributed by atoms with Crippen molar-refractivity contribution in [3.63, 3.8) is 0 Å². The van der Waals surface area contributed by atoms with E-state index in [0.29, 0.717) is 17.2 Å². The first-order valence-corrected chi connectivity index (χ1v) is 9.58. The van der Waals surface area contributed by atoms with Crippen molar-refractivity contribution in [3.8, 4) is 11.5 Å². The van der Waals surface area contributed by atoms with Gasteiger partial charge in [0.25, 0.3) is 5.91 Å². The highest BCUT2D eigenvalue weighted by molar-refractivity contribution is 5.98. The Hall–Kier alpha value is -3.87. The lowest BCUT2D eigenvalue weighted by Crippen LogP contribution is -2.30. The zero-order valence-corrected chi connectivity index (χ0v) is 17.1. The third kappa shape index (κ3) is 6.05. The summed E-state index contributed by atoms with van der Waals surface area (Å²) in [4.78, 5) is 25.0. The summed E-state index contributed by atoms with van der Waals surface area (Å²) in [7, 11) is 1.53. The summed E-state index contributed by atoms with van der Waals surface area (Å²) in [6.07, 6.45) is -1.04. The fraction of sp³-hybridized carbons (Fsp3) is 0.167. The summed E-state index contributed by atoms with van der Waals surface area (Å²) in [6.45, 7) is 1.63. The molecule has 31 heavy (non-hydrogen) atoms. The van der Waals surface area contributed by atoms with Crippen LogP contribution >= 0.6 is 0 Å². The van der Waals surface area contributed by atoms with Crippen molar-refractivity contribution in [1.29, 1.82) is 0 Å². The van der Waals surface area contributed by atoms with Crippen LogP contribution in [0.1, 0.15) is 22.8 Å². The van der Waals surface area contributed by atoms with Crippen LogP contribution in [0, 0.1) is 5.82 Å². The minimum absolute atomic E-state index is 0.149. The topological polar surface area (TPSA) is 73.9 Å². The van der Waals surface area contributed by atoms with Crippen molar-refractivity contribution in [1.82, 2.24) is 0 Å². The van der Waals surface area contributed by atoms with E-state index < -0.39 is 18.0 Å². The molecule has 1 N–H and O–H groups in total. The Balaban J connectivity index is 1.62. The summed E-state index contributed by atoms with van der Waals surface area (Å²) in [5.41, 5.74) is 1.46. The molecule has 0 fully saturated rings. The van der Waals surface area contributed by atoms with Crippen molar-refractivity contribution in [2.75, 3.05) is 12.4 Å². The van der Waals surface area contributed by atoms with E-state index in [9.17, 15) is 14.0 Å². The lowest BCUT2D eigenvalue weighted by Gasteiger charge is -2.16. The predicted molar refractivity (Wildman–Crippen MR) is 114 cm³/mol. The summed E-state index contributed by atoms with van der Waals surface area (Å²) in [5, 5.41) is 2.68. The highest BCUT2D eigenvalue weighted by Gasteiger charge is 2.21. The number of nitrogens with one attached hydrogen (secondary N) is 1. The van der Waals surface area contributed by atoms with Gasteiger partial charge in [-0.1, -0.05) is 30.3 Å². The molecule has 1 unspecified atom stereocenters. The minimum Gasteiger partial charge on any atom is -0.497 e. The molecule has 0 bridgehead atoms. The molecule has 160 valence electrons. The average molecular weight is 423 g/mol. The van der Waals surface area contributed by atoms with E-state index in [1.54, 1.807) is 60.7 Å². The maximum Gasteiger partial charge on any atom is 0.342 e. The van der Waals surface area contributed by atoms with E-state index in [4.69, 9.17) is 14.2 Å². The zero-order valence-electron chi connectivity index (χ0n) is 17.1. The van der Waals surface area contributed by atoms with Crippen molar-refractivity contribution in [2.45, 2.75) is 19.6 Å². The standard InChI is InChI=1S/C24H22FNO5/c1-16(23(27)26-19-6-5-7-20(14-19)29-2)31-24(28)21-8-3-4-9-22(21)30-15-17-10-12-18(25)13-11-17/h3-14,16H,15H2,1-2H3,(H,26,27). The number of benzene rings is 3. The maximum absolute atomic E-state index is 13.0. The van der Waals surface area contributed by atoms with Gasteiger partial charge in [-0.25, -0.2) is 9.18 Å². The predicted octanol–water partition coefficient (Wildman–Crippen LogP) is 4.60. The monoisotopic (exact) mass is 423 g/mol. The average Bonchev–Trinajstić information content (AvgIpc) is 2.79. The first kappa shape index (κ1) is 21.8. The van der Waals surface area contributed by atoms with Crippen molar-refractivity contribution >= 4 is 17.6 Å². The molecular weight excluding hydrogens is 401 g/mol. The molecule has 3 rings (SSSR count). The van der Waals surface area contributed by atoms with Crippen molar-refractivity contribution in [2.24, 2.45) is 0 Å². The Bertz CT molecular complexity index is 1050. The van der Waals surface area contributed by atoms with Crippen LogP contribution in [0.4, 0.5) is 10.1 Å². The SMILES string of the molecule is COc1cccc(NC(=O)C(C)OC(=O)c2ccccc2OCc2ccc(F)cc2)c1. The Kier molecular flexibility index (Phi) is 7.22. The van der Waals surface area contributed by atoms with E-state index >= 15 is 0 Å². The third-order valence-electron chi connectivity index (χ3n) is 4.40. The third-order valence-corrected chi connectivity index (χ3v) is 4.40. The molecule has 3 aromatic rings. The summed E-state index contributed by atoms with van der Waals surface area (Å²) in [6, 6.07) is 19.3. The zero-order chi connectivity index (χ0) is 22.2. The van der Waals surface area contributed by atoms with Gasteiger partial charge in [-0.15, -0.1) is 0 Å². The van der Waals surface area contributed by atoms with Gasteiger partial charge in [0.1, 0.15) is 29.5 Å². The first-order valence-electron chi connectivity index (χ1n) is 9.58. The van der Waals surface area contributed by atoms with Crippen LogP contribution < -0.4 is 14.8 Å². The quantitative estimate of drug-likeness (QED) is 0.536. The van der Waals surface area contributed by atoms with Crippen LogP contribution in [0.3, 0.4) is 0 Å². The molecular formula is C24H22FNO5. The normalized spacial score (nSPS) is 11.3. The Labute approximate surface area is 179 Å². The van der Waals surface area contributed by atoms with Gasteiger partial charge >= 0.3 is 5.97 Å². The second kappa shape index (κ2) is 10.2. The minimum atomic E-state index is -1.04. The fourth-order valence-electron chi connectivity index (χ4n) is 2.73. The van der Waals surface area contributed by atoms with Crippen LogP contribution in [-0.2, 0) is 16.1 Å². The highest BCUT2D eigenvalue weighted by Crippen LogP contribution is 2.22. The molecule has 0 heterocycles. The van der Waals surface area contributed by atoms with Gasteiger partial charge in [-0.05, 0) is 48.9 Å². The summed E-state index contributed by atoms with van der Waals surface area (Å²) < 4.78 is 29.2. The van der Waals surface area contributed by atoms with Crippen LogP contribution in [0.25, 0.3) is 0 Å². The number of esters is 1. The molecule has 0 aromatic heterocycles. The number of halogens is 1. The first-order chi connectivity index (χ1) is 15.0. The number of carbonyl (C=O) groups excluding carboxylic acids is 2. The summed E-state index contributed by atoms with van der Waals surface area (Å²) >= 11 is 0. The largest absolute Gasteiger partial charge is 0.497 e. The lowest BCUT2D eigenvalue weighted by molar-refractivity contribution is -0.123. The van der Waals surface area contributed by atoms with Crippen LogP contribution in [0.5, 0.6) is 11.5 Å². The van der Waals surface area contributed by atoms with Crippen molar-refractivity contribution < 1.29 is 28.2 Å². The van der Waals surface area contributed by atoms with Crippen LogP contribution in [0.15, 0.2) is 72.8 Å². The number of anilines is 1. The number of ether oxygens (including phenoxy) is 3. The second-order valence-corrected chi connectivity index (χ2v) is 6.68. The molecule has 0 radical (unpaired) electrons. The van der Waals surface area contributed by atoms with Crippen LogP contribution in [-0.4, -0.2) is 25.1 Å². The fourth-order valence-corrected chi connectivity index (χ4v) is 2.73. The number of hydrogen-bond acceptors (Lipinski definition) is 5. The molecule has 0 spiro atoms. The Morgan fingerprint density at radius 1 is 1.00 bits per heavy atom. The van der Waals surface area contributed by atoms with E-state index in [1.165, 1.54) is 26.2 Å². The molecule has 0 saturated carbocycles.